The van der Waals surface area contributed by atoms with Gasteiger partial charge in [-0.2, -0.15) is 0 Å². The van der Waals surface area contributed by atoms with Crippen LogP contribution in [-0.4, -0.2) is 16.1 Å². The standard InChI is InChI=1S/C28H29IO2/c29-19-7-2-8-20-31-23-15-13-21(14-16-23)24-11-5-6-12-26-25(24)17-18-27(30)28(26)22-9-3-1-4-10-22/h1,3-4,9-11,13-18,30H,2,5-8,12,19-20H2. The number of rotatable bonds is 8. The molecule has 0 aliphatic heterocycles. The van der Waals surface area contributed by atoms with Crippen molar-refractivity contribution in [3.05, 3.63) is 89.5 Å². The van der Waals surface area contributed by atoms with E-state index in [0.717, 1.165) is 49.2 Å². The minimum Gasteiger partial charge on any atom is -0.507 e. The molecule has 3 aromatic rings. The summed E-state index contributed by atoms with van der Waals surface area (Å²) >= 11 is 2.43. The summed E-state index contributed by atoms with van der Waals surface area (Å²) in [5.74, 6) is 1.29. The maximum Gasteiger partial charge on any atom is 0.123 e. The summed E-state index contributed by atoms with van der Waals surface area (Å²) in [6.07, 6.45) is 9.02. The van der Waals surface area contributed by atoms with Crippen molar-refractivity contribution < 1.29 is 9.84 Å². The summed E-state index contributed by atoms with van der Waals surface area (Å²) in [6, 6.07) is 22.6. The van der Waals surface area contributed by atoms with Crippen molar-refractivity contribution in [2.75, 3.05) is 11.0 Å². The lowest BCUT2D eigenvalue weighted by atomic mass is 9.88. The van der Waals surface area contributed by atoms with Crippen LogP contribution in [0.25, 0.3) is 16.7 Å². The fourth-order valence-electron chi connectivity index (χ4n) is 4.28. The molecule has 160 valence electrons. The van der Waals surface area contributed by atoms with Gasteiger partial charge in [-0.25, -0.2) is 0 Å². The van der Waals surface area contributed by atoms with Gasteiger partial charge in [0, 0.05) is 5.56 Å². The van der Waals surface area contributed by atoms with Gasteiger partial charge in [0.15, 0.2) is 0 Å². The van der Waals surface area contributed by atoms with Gasteiger partial charge in [0.1, 0.15) is 11.5 Å². The Hall–Kier alpha value is -2.27. The predicted octanol–water partition coefficient (Wildman–Crippen LogP) is 7.81. The third-order valence-corrected chi connectivity index (χ3v) is 6.60. The quantitative estimate of drug-likeness (QED) is 0.185. The first-order chi connectivity index (χ1) is 15.3. The molecule has 1 N–H and O–H groups in total. The average Bonchev–Trinajstić information content (AvgIpc) is 3.02. The molecule has 3 aromatic carbocycles. The summed E-state index contributed by atoms with van der Waals surface area (Å²) in [5.41, 5.74) is 6.96. The number of hydrogen-bond acceptors (Lipinski definition) is 2. The number of halogens is 1. The highest BCUT2D eigenvalue weighted by Gasteiger charge is 2.19. The lowest BCUT2D eigenvalue weighted by Gasteiger charge is -2.17. The molecule has 0 radical (unpaired) electrons. The first-order valence-electron chi connectivity index (χ1n) is 11.2. The second-order valence-electron chi connectivity index (χ2n) is 7.98. The molecule has 0 aromatic heterocycles. The highest BCUT2D eigenvalue weighted by molar-refractivity contribution is 14.1. The molecule has 2 nitrogen and oxygen atoms in total. The van der Waals surface area contributed by atoms with Crippen molar-refractivity contribution in [2.45, 2.75) is 38.5 Å². The Morgan fingerprint density at radius 2 is 1.65 bits per heavy atom. The molecule has 31 heavy (non-hydrogen) atoms. The van der Waals surface area contributed by atoms with E-state index in [1.165, 1.54) is 39.5 Å². The molecule has 0 spiro atoms. The summed E-state index contributed by atoms with van der Waals surface area (Å²) in [4.78, 5) is 0. The number of benzene rings is 3. The van der Waals surface area contributed by atoms with Gasteiger partial charge >= 0.3 is 0 Å². The second-order valence-corrected chi connectivity index (χ2v) is 9.06. The molecule has 4 rings (SSSR count). The van der Waals surface area contributed by atoms with Crippen LogP contribution in [0.5, 0.6) is 11.5 Å². The van der Waals surface area contributed by atoms with Gasteiger partial charge in [-0.1, -0.05) is 77.2 Å². The molecule has 0 fully saturated rings. The van der Waals surface area contributed by atoms with Crippen molar-refractivity contribution in [1.82, 2.24) is 0 Å². The second kappa shape index (κ2) is 10.9. The molecule has 1 aliphatic rings. The molecule has 0 bridgehead atoms. The fraction of sp³-hybridized carbons (Fsp3) is 0.286. The van der Waals surface area contributed by atoms with Gasteiger partial charge in [0.05, 0.1) is 6.61 Å². The van der Waals surface area contributed by atoms with Gasteiger partial charge in [-0.15, -0.1) is 0 Å². The van der Waals surface area contributed by atoms with E-state index < -0.39 is 0 Å². The summed E-state index contributed by atoms with van der Waals surface area (Å²) in [5, 5.41) is 10.7. The van der Waals surface area contributed by atoms with E-state index in [4.69, 9.17) is 4.74 Å². The van der Waals surface area contributed by atoms with Gasteiger partial charge in [-0.3, -0.25) is 0 Å². The molecule has 0 saturated heterocycles. The first kappa shape index (κ1) is 21.9. The predicted molar refractivity (Wildman–Crippen MR) is 138 cm³/mol. The SMILES string of the molecule is Oc1ccc2c(c1-c1ccccc1)CCCC=C2c1ccc(OCCCCCI)cc1. The third kappa shape index (κ3) is 5.32. The lowest BCUT2D eigenvalue weighted by molar-refractivity contribution is 0.306. The molecule has 0 unspecified atom stereocenters. The normalized spacial score (nSPS) is 13.3. The molecular weight excluding hydrogens is 495 g/mol. The third-order valence-electron chi connectivity index (χ3n) is 5.83. The topological polar surface area (TPSA) is 29.5 Å². The van der Waals surface area contributed by atoms with Crippen LogP contribution in [0.2, 0.25) is 0 Å². The number of hydrogen-bond donors (Lipinski definition) is 1. The molecule has 0 atom stereocenters. The van der Waals surface area contributed by atoms with E-state index in [9.17, 15) is 5.11 Å². The number of aromatic hydroxyl groups is 1. The molecule has 1 aliphatic carbocycles. The van der Waals surface area contributed by atoms with Crippen LogP contribution in [-0.2, 0) is 6.42 Å². The number of fused-ring (bicyclic) bond motifs is 1. The Kier molecular flexibility index (Phi) is 7.68. The Bertz CT molecular complexity index is 1020. The average molecular weight is 524 g/mol. The molecule has 0 saturated carbocycles. The minimum atomic E-state index is 0.359. The van der Waals surface area contributed by atoms with Crippen LogP contribution >= 0.6 is 22.6 Å². The highest BCUT2D eigenvalue weighted by Crippen LogP contribution is 2.41. The Morgan fingerprint density at radius 1 is 0.839 bits per heavy atom. The van der Waals surface area contributed by atoms with Crippen LogP contribution in [0.4, 0.5) is 0 Å². The van der Waals surface area contributed by atoms with Gasteiger partial charge in [-0.05, 0) is 89.0 Å². The van der Waals surface area contributed by atoms with Crippen LogP contribution in [0.15, 0.2) is 72.8 Å². The van der Waals surface area contributed by atoms with Gasteiger partial charge < -0.3 is 9.84 Å². The Morgan fingerprint density at radius 3 is 2.42 bits per heavy atom. The molecule has 0 heterocycles. The summed E-state index contributed by atoms with van der Waals surface area (Å²) < 4.78 is 7.14. The van der Waals surface area contributed by atoms with Crippen molar-refractivity contribution in [2.24, 2.45) is 0 Å². The summed E-state index contributed by atoms with van der Waals surface area (Å²) in [7, 11) is 0. The maximum atomic E-state index is 10.7. The summed E-state index contributed by atoms with van der Waals surface area (Å²) in [6.45, 7) is 0.779. The van der Waals surface area contributed by atoms with Gasteiger partial charge in [0.2, 0.25) is 0 Å². The number of ether oxygens (including phenoxy) is 1. The lowest BCUT2D eigenvalue weighted by Crippen LogP contribution is -1.99. The Balaban J connectivity index is 1.60. The van der Waals surface area contributed by atoms with E-state index in [-0.39, 0.29) is 0 Å². The zero-order chi connectivity index (χ0) is 21.5. The zero-order valence-electron chi connectivity index (χ0n) is 17.8. The van der Waals surface area contributed by atoms with Crippen LogP contribution in [0, 0.1) is 0 Å². The zero-order valence-corrected chi connectivity index (χ0v) is 20.0. The van der Waals surface area contributed by atoms with Crippen LogP contribution in [0.1, 0.15) is 48.8 Å². The monoisotopic (exact) mass is 524 g/mol. The van der Waals surface area contributed by atoms with Crippen molar-refractivity contribution in [3.8, 4) is 22.6 Å². The number of alkyl halides is 1. The molecule has 0 amide bonds. The minimum absolute atomic E-state index is 0.359. The number of allylic oxidation sites excluding steroid dienone is 1. The van der Waals surface area contributed by atoms with E-state index in [1.54, 1.807) is 0 Å². The van der Waals surface area contributed by atoms with Crippen molar-refractivity contribution >= 4 is 28.2 Å². The largest absolute Gasteiger partial charge is 0.507 e. The van der Waals surface area contributed by atoms with Gasteiger partial charge in [0.25, 0.3) is 0 Å². The molecule has 3 heteroatoms. The van der Waals surface area contributed by atoms with Crippen molar-refractivity contribution in [3.63, 3.8) is 0 Å². The Labute approximate surface area is 199 Å². The fourth-order valence-corrected chi connectivity index (χ4v) is 4.82. The van der Waals surface area contributed by atoms with E-state index >= 15 is 0 Å². The first-order valence-corrected chi connectivity index (χ1v) is 12.7. The van der Waals surface area contributed by atoms with Crippen molar-refractivity contribution in [1.29, 1.82) is 0 Å². The smallest absolute Gasteiger partial charge is 0.123 e. The van der Waals surface area contributed by atoms with E-state index in [2.05, 4.69) is 71.1 Å². The van der Waals surface area contributed by atoms with Crippen LogP contribution in [0.3, 0.4) is 0 Å². The van der Waals surface area contributed by atoms with Crippen LogP contribution < -0.4 is 4.74 Å². The number of unbranched alkanes of at least 4 members (excludes halogenated alkanes) is 2. The maximum absolute atomic E-state index is 10.7. The van der Waals surface area contributed by atoms with E-state index in [1.807, 2.05) is 24.3 Å². The highest BCUT2D eigenvalue weighted by atomic mass is 127. The molecular formula is C28H29IO2. The number of phenols is 1. The van der Waals surface area contributed by atoms with E-state index in [0.29, 0.717) is 5.75 Å². The number of phenolic OH excluding ortho intramolecular Hbond substituents is 1.